The second-order valence-corrected chi connectivity index (χ2v) is 14.8. The molecular weight excluding hydrogens is 874 g/mol. The van der Waals surface area contributed by atoms with Crippen molar-refractivity contribution in [3.8, 4) is 11.5 Å². The van der Waals surface area contributed by atoms with Crippen LogP contribution in [0.3, 0.4) is 0 Å². The van der Waals surface area contributed by atoms with E-state index in [9.17, 15) is 59.6 Å². The molecule has 0 saturated carbocycles. The molecule has 0 radical (unpaired) electrons. The Hall–Kier alpha value is -7.26. The number of benzene rings is 3. The summed E-state index contributed by atoms with van der Waals surface area (Å²) in [5.41, 5.74) is -3.67. The zero-order chi connectivity index (χ0) is 46.9. The molecule has 4 aliphatic rings. The Morgan fingerprint density at radius 2 is 1.34 bits per heavy atom. The minimum atomic E-state index is -2.06. The smallest absolute Gasteiger partial charge is 0.346 e. The summed E-state index contributed by atoms with van der Waals surface area (Å²) in [4.78, 5) is 101. The molecule has 3 aromatic rings. The van der Waals surface area contributed by atoms with Crippen molar-refractivity contribution in [2.24, 2.45) is 0 Å². The second-order valence-electron chi connectivity index (χ2n) is 14.8. The lowest BCUT2D eigenvalue weighted by atomic mass is 9.86. The third kappa shape index (κ3) is 9.09. The van der Waals surface area contributed by atoms with Crippen molar-refractivity contribution in [3.05, 3.63) is 111 Å². The van der Waals surface area contributed by atoms with E-state index in [1.54, 1.807) is 12.1 Å². The maximum Gasteiger partial charge on any atom is 0.346 e. The Labute approximate surface area is 364 Å². The SMILES string of the molecule is CO[C@@H]1[C@@H](OC)[C@H](O[C@@H]2CC(=O)[C@H]3CCN(Cc4cc5c(cc43)OCO5)C(=O)[C@H]2OC(=O)c2ccc([N+](=O)[O-])cc2[N+](=O)[O-])O[C@H](COC(=O)c2ccc([N+](=O)[O-])cc2[N+](=O)[O-])[C@H]1OC. The number of nitrogens with zero attached hydrogens (tertiary/aromatic N) is 5. The van der Waals surface area contributed by atoms with Gasteiger partial charge in [0, 0.05) is 58.9 Å². The number of Topliss-reactive ketones (excluding diaryl/α,β-unsaturated/α-hetero) is 1. The lowest BCUT2D eigenvalue weighted by molar-refractivity contribution is -0.394. The van der Waals surface area contributed by atoms with Crippen molar-refractivity contribution in [3.63, 3.8) is 0 Å². The molecule has 2 bridgehead atoms. The van der Waals surface area contributed by atoms with E-state index < -0.39 is 139 Å². The van der Waals surface area contributed by atoms with Crippen molar-refractivity contribution >= 4 is 46.4 Å². The number of esters is 2. The average molecular weight is 912 g/mol. The van der Waals surface area contributed by atoms with Gasteiger partial charge in [0.25, 0.3) is 28.7 Å². The number of methoxy groups -OCH3 is 3. The predicted molar refractivity (Wildman–Crippen MR) is 210 cm³/mol. The highest BCUT2D eigenvalue weighted by atomic mass is 16.7. The van der Waals surface area contributed by atoms with Crippen LogP contribution in [0.5, 0.6) is 11.5 Å². The van der Waals surface area contributed by atoms with Crippen molar-refractivity contribution in [2.45, 2.75) is 68.2 Å². The molecule has 0 spiro atoms. The fraction of sp³-hybridized carbons (Fsp3) is 0.436. The molecule has 1 amide bonds. The molecule has 26 nitrogen and oxygen atoms in total. The van der Waals surface area contributed by atoms with Gasteiger partial charge >= 0.3 is 11.9 Å². The third-order valence-corrected chi connectivity index (χ3v) is 11.3. The van der Waals surface area contributed by atoms with E-state index in [4.69, 9.17) is 42.6 Å². The van der Waals surface area contributed by atoms with Gasteiger partial charge in [-0.2, -0.15) is 0 Å². The average Bonchev–Trinajstić information content (AvgIpc) is 3.67. The number of carbonyl (C=O) groups is 4. The molecule has 8 atom stereocenters. The summed E-state index contributed by atoms with van der Waals surface area (Å²) in [7, 11) is 3.75. The quantitative estimate of drug-likeness (QED) is 0.127. The zero-order valence-corrected chi connectivity index (χ0v) is 34.3. The summed E-state index contributed by atoms with van der Waals surface area (Å²) in [5.74, 6) is -4.32. The molecule has 65 heavy (non-hydrogen) atoms. The van der Waals surface area contributed by atoms with Crippen LogP contribution >= 0.6 is 0 Å². The number of nitro benzene ring substituents is 4. The van der Waals surface area contributed by atoms with E-state index in [0.717, 1.165) is 24.3 Å². The molecule has 344 valence electrons. The van der Waals surface area contributed by atoms with Gasteiger partial charge in [-0.1, -0.05) is 0 Å². The Bertz CT molecular complexity index is 2460. The van der Waals surface area contributed by atoms with Crippen molar-refractivity contribution in [1.29, 1.82) is 0 Å². The van der Waals surface area contributed by atoms with Gasteiger partial charge in [-0.05, 0) is 41.8 Å². The minimum absolute atomic E-state index is 0.0446. The summed E-state index contributed by atoms with van der Waals surface area (Å²) in [5, 5.41) is 46.5. The van der Waals surface area contributed by atoms with E-state index >= 15 is 0 Å². The number of hydrogen-bond acceptors (Lipinski definition) is 21. The number of fused-ring (bicyclic) bond motifs is 6. The number of non-ortho nitro benzene ring substituents is 2. The highest BCUT2D eigenvalue weighted by molar-refractivity contribution is 5.97. The Kier molecular flexibility index (Phi) is 13.3. The van der Waals surface area contributed by atoms with E-state index in [1.807, 2.05) is 0 Å². The summed E-state index contributed by atoms with van der Waals surface area (Å²) in [6.45, 7) is -0.991. The maximum absolute atomic E-state index is 14.8. The normalized spacial score (nSPS) is 24.8. The number of carbonyl (C=O) groups excluding carboxylic acids is 4. The van der Waals surface area contributed by atoms with Crippen LogP contribution in [0.2, 0.25) is 0 Å². The molecule has 7 rings (SSSR count). The van der Waals surface area contributed by atoms with Crippen LogP contribution in [0.1, 0.15) is 50.6 Å². The fourth-order valence-corrected chi connectivity index (χ4v) is 8.17. The first-order valence-electron chi connectivity index (χ1n) is 19.4. The molecular formula is C39H37N5O21. The van der Waals surface area contributed by atoms with Crippen LogP contribution in [0.4, 0.5) is 22.7 Å². The highest BCUT2D eigenvalue weighted by Gasteiger charge is 2.52. The number of ether oxygens (including phenoxy) is 9. The third-order valence-electron chi connectivity index (χ3n) is 11.3. The molecule has 0 N–H and O–H groups in total. The standard InChI is InChI=1S/C39H37N5O21/c1-57-32-31(16-60-37(47)22-6-4-19(41(49)50)11-25(22)43(53)54)64-39(35(59-3)34(32)58-2)63-30-14-27(45)21-8-9-40(15-18-10-28-29(13-24(18)21)62-17-61-28)36(46)33(30)65-38(48)23-7-5-20(42(51)52)12-26(23)44(55)56/h4-7,10-13,21,30-35,39H,8-9,14-17H2,1-3H3/t21-,30+,31+,32+,33-,34-,35+,39+/m0/s1. The van der Waals surface area contributed by atoms with Crippen LogP contribution < -0.4 is 9.47 Å². The van der Waals surface area contributed by atoms with Gasteiger partial charge in [0.05, 0.1) is 31.8 Å². The molecule has 0 aliphatic carbocycles. The van der Waals surface area contributed by atoms with Crippen LogP contribution in [-0.4, -0.2) is 132 Å². The molecule has 3 aromatic carbocycles. The van der Waals surface area contributed by atoms with E-state index in [1.165, 1.54) is 26.2 Å². The Morgan fingerprint density at radius 3 is 1.91 bits per heavy atom. The first-order chi connectivity index (χ1) is 31.0. The monoisotopic (exact) mass is 911 g/mol. The van der Waals surface area contributed by atoms with E-state index in [2.05, 4.69) is 0 Å². The van der Waals surface area contributed by atoms with Crippen molar-refractivity contribution in [2.75, 3.05) is 41.3 Å². The van der Waals surface area contributed by atoms with Crippen molar-refractivity contribution in [1.82, 2.24) is 4.90 Å². The molecule has 2 saturated heterocycles. The van der Waals surface area contributed by atoms with Gasteiger partial charge in [0.1, 0.15) is 54.0 Å². The van der Waals surface area contributed by atoms with E-state index in [0.29, 0.717) is 34.8 Å². The number of ketones is 1. The zero-order valence-electron chi connectivity index (χ0n) is 34.3. The molecule has 0 aromatic heterocycles. The largest absolute Gasteiger partial charge is 0.459 e. The fourth-order valence-electron chi connectivity index (χ4n) is 8.17. The molecule has 2 fully saturated rings. The number of rotatable bonds is 14. The second kappa shape index (κ2) is 18.8. The maximum atomic E-state index is 14.8. The van der Waals surface area contributed by atoms with Gasteiger partial charge in [-0.25, -0.2) is 9.59 Å². The van der Waals surface area contributed by atoms with Gasteiger partial charge in [-0.15, -0.1) is 0 Å². The number of hydrogen-bond donors (Lipinski definition) is 0. The number of nitro groups is 4. The van der Waals surface area contributed by atoms with Crippen LogP contribution in [0.15, 0.2) is 48.5 Å². The molecule has 26 heteroatoms. The lowest BCUT2D eigenvalue weighted by Gasteiger charge is -2.45. The summed E-state index contributed by atoms with van der Waals surface area (Å²) < 4.78 is 52.0. The number of amides is 1. The summed E-state index contributed by atoms with van der Waals surface area (Å²) >= 11 is 0. The molecule has 4 aliphatic heterocycles. The summed E-state index contributed by atoms with van der Waals surface area (Å²) in [6, 6.07) is 7.72. The predicted octanol–water partition coefficient (Wildman–Crippen LogP) is 3.07. The first kappa shape index (κ1) is 45.8. The summed E-state index contributed by atoms with van der Waals surface area (Å²) in [6.07, 6.45) is -11.0. The van der Waals surface area contributed by atoms with Gasteiger partial charge in [0.15, 0.2) is 17.8 Å². The van der Waals surface area contributed by atoms with Crippen molar-refractivity contribution < 1.29 is 81.5 Å². The van der Waals surface area contributed by atoms with E-state index in [-0.39, 0.29) is 26.3 Å². The Balaban J connectivity index is 1.25. The highest BCUT2D eigenvalue weighted by Crippen LogP contribution is 2.42. The van der Waals surface area contributed by atoms with Crippen LogP contribution in [0.25, 0.3) is 0 Å². The van der Waals surface area contributed by atoms with Gasteiger partial charge in [0.2, 0.25) is 12.9 Å². The topological polar surface area (TPSA) is 327 Å². The lowest BCUT2D eigenvalue weighted by Crippen LogP contribution is -2.62. The van der Waals surface area contributed by atoms with Crippen LogP contribution in [-0.2, 0) is 49.3 Å². The van der Waals surface area contributed by atoms with Gasteiger partial charge < -0.3 is 47.5 Å². The first-order valence-corrected chi connectivity index (χ1v) is 19.4. The van der Waals surface area contributed by atoms with Gasteiger partial charge in [-0.3, -0.25) is 50.0 Å². The molecule has 0 unspecified atom stereocenters. The minimum Gasteiger partial charge on any atom is -0.459 e. The Morgan fingerprint density at radius 1 is 0.754 bits per heavy atom. The molecule has 4 heterocycles. The van der Waals surface area contributed by atoms with Crippen LogP contribution in [0, 0.1) is 40.5 Å².